The summed E-state index contributed by atoms with van der Waals surface area (Å²) >= 11 is 8.42. The van der Waals surface area contributed by atoms with Gasteiger partial charge in [0.1, 0.15) is 23.6 Å². The van der Waals surface area contributed by atoms with Crippen molar-refractivity contribution in [3.8, 4) is 5.75 Å². The number of hydrogen-bond acceptors (Lipinski definition) is 4. The molecule has 0 fully saturated rings. The quantitative estimate of drug-likeness (QED) is 0.613. The molecular weight excluding hydrogens is 391 g/mol. The van der Waals surface area contributed by atoms with Gasteiger partial charge in [0.25, 0.3) is 0 Å². The first-order valence-corrected chi connectivity index (χ1v) is 7.38. The molecule has 0 aliphatic rings. The van der Waals surface area contributed by atoms with Gasteiger partial charge in [-0.15, -0.1) is 0 Å². The number of nitrogens with zero attached hydrogens (tertiary/aromatic N) is 2. The second kappa shape index (κ2) is 5.57. The highest BCUT2D eigenvalue weighted by Gasteiger charge is 2.13. The molecule has 4 nitrogen and oxygen atoms in total. The fourth-order valence-electron chi connectivity index (χ4n) is 1.92. The van der Waals surface area contributed by atoms with Crippen LogP contribution in [0.5, 0.6) is 5.75 Å². The van der Waals surface area contributed by atoms with E-state index in [2.05, 4.69) is 32.7 Å². The van der Waals surface area contributed by atoms with Gasteiger partial charge in [-0.05, 0) is 47.7 Å². The fraction of sp³-hybridized carbons (Fsp3) is 0.143. The van der Waals surface area contributed by atoms with Gasteiger partial charge in [-0.25, -0.2) is 0 Å². The molecule has 3 rings (SSSR count). The molecule has 20 heavy (non-hydrogen) atoms. The minimum atomic E-state index is 0.334. The molecule has 0 N–H and O–H groups in total. The maximum absolute atomic E-state index is 6.23. The van der Waals surface area contributed by atoms with Crippen molar-refractivity contribution in [1.82, 2.24) is 10.1 Å². The SMILES string of the molecule is Cc1cc(COc2c(I)cc(Cl)c3cccnc23)no1. The first-order valence-electron chi connectivity index (χ1n) is 5.93. The highest BCUT2D eigenvalue weighted by Crippen LogP contribution is 2.34. The molecule has 2 aromatic heterocycles. The number of benzene rings is 1. The highest BCUT2D eigenvalue weighted by atomic mass is 127. The van der Waals surface area contributed by atoms with Crippen LogP contribution in [0.15, 0.2) is 35.0 Å². The van der Waals surface area contributed by atoms with Gasteiger partial charge < -0.3 is 9.26 Å². The molecule has 102 valence electrons. The molecule has 1 aromatic carbocycles. The van der Waals surface area contributed by atoms with Gasteiger partial charge in [0.2, 0.25) is 0 Å². The summed E-state index contributed by atoms with van der Waals surface area (Å²) in [7, 11) is 0. The van der Waals surface area contributed by atoms with Crippen LogP contribution in [-0.2, 0) is 6.61 Å². The topological polar surface area (TPSA) is 48.2 Å². The first-order chi connectivity index (χ1) is 9.65. The number of hydrogen-bond donors (Lipinski definition) is 0. The number of aryl methyl sites for hydroxylation is 1. The van der Waals surface area contributed by atoms with Crippen LogP contribution in [0.25, 0.3) is 10.9 Å². The Bertz CT molecular complexity index is 773. The summed E-state index contributed by atoms with van der Waals surface area (Å²) in [6.45, 7) is 2.18. The van der Waals surface area contributed by atoms with Gasteiger partial charge in [0.05, 0.1) is 8.59 Å². The van der Waals surface area contributed by atoms with E-state index in [1.165, 1.54) is 0 Å². The van der Waals surface area contributed by atoms with E-state index in [1.54, 1.807) is 6.20 Å². The van der Waals surface area contributed by atoms with Crippen molar-refractivity contribution in [2.45, 2.75) is 13.5 Å². The third-order valence-corrected chi connectivity index (χ3v) is 3.91. The third kappa shape index (κ3) is 2.60. The van der Waals surface area contributed by atoms with Gasteiger partial charge >= 0.3 is 0 Å². The normalized spacial score (nSPS) is 10.9. The fourth-order valence-corrected chi connectivity index (χ4v) is 3.08. The Morgan fingerprint density at radius 3 is 3.00 bits per heavy atom. The van der Waals surface area contributed by atoms with Gasteiger partial charge in [-0.2, -0.15) is 0 Å². The maximum Gasteiger partial charge on any atom is 0.159 e. The summed E-state index contributed by atoms with van der Waals surface area (Å²) < 4.78 is 11.8. The van der Waals surface area contributed by atoms with Crippen LogP contribution in [0.2, 0.25) is 5.02 Å². The zero-order valence-corrected chi connectivity index (χ0v) is 13.5. The molecular formula is C14H10ClIN2O2. The molecule has 0 aliphatic heterocycles. The molecule has 0 spiro atoms. The Morgan fingerprint density at radius 1 is 1.40 bits per heavy atom. The van der Waals surface area contributed by atoms with Crippen molar-refractivity contribution in [3.05, 3.63) is 50.5 Å². The standard InChI is InChI=1S/C14H10ClIN2O2/c1-8-5-9(18-20-8)7-19-14-12(16)6-11(15)10-3-2-4-17-13(10)14/h2-6H,7H2,1H3. The molecule has 0 unspecified atom stereocenters. The van der Waals surface area contributed by atoms with Crippen molar-refractivity contribution in [3.63, 3.8) is 0 Å². The molecule has 0 saturated heterocycles. The summed E-state index contributed by atoms with van der Waals surface area (Å²) in [5.41, 5.74) is 1.50. The number of halogens is 2. The molecule has 0 amide bonds. The predicted octanol–water partition coefficient (Wildman–Crippen LogP) is 4.37. The average Bonchev–Trinajstić information content (AvgIpc) is 2.84. The first kappa shape index (κ1) is 13.6. The zero-order chi connectivity index (χ0) is 14.1. The van der Waals surface area contributed by atoms with Gasteiger partial charge in [0, 0.05) is 17.6 Å². The average molecular weight is 401 g/mol. The number of aromatic nitrogens is 2. The molecule has 0 saturated carbocycles. The lowest BCUT2D eigenvalue weighted by molar-refractivity contribution is 0.288. The van der Waals surface area contributed by atoms with Crippen molar-refractivity contribution in [2.75, 3.05) is 0 Å². The van der Waals surface area contributed by atoms with Crippen LogP contribution in [0.1, 0.15) is 11.5 Å². The number of fused-ring (bicyclic) bond motifs is 1. The van der Waals surface area contributed by atoms with E-state index in [0.29, 0.717) is 17.4 Å². The molecule has 0 radical (unpaired) electrons. The van der Waals surface area contributed by atoms with E-state index in [9.17, 15) is 0 Å². The largest absolute Gasteiger partial charge is 0.484 e. The highest BCUT2D eigenvalue weighted by molar-refractivity contribution is 14.1. The van der Waals surface area contributed by atoms with E-state index < -0.39 is 0 Å². The van der Waals surface area contributed by atoms with E-state index in [1.807, 2.05) is 31.2 Å². The Hall–Kier alpha value is -1.34. The summed E-state index contributed by atoms with van der Waals surface area (Å²) in [6.07, 6.45) is 1.72. The summed E-state index contributed by atoms with van der Waals surface area (Å²) in [6, 6.07) is 7.49. The lowest BCUT2D eigenvalue weighted by Crippen LogP contribution is -1.99. The van der Waals surface area contributed by atoms with Crippen molar-refractivity contribution >= 4 is 45.1 Å². The van der Waals surface area contributed by atoms with Crippen LogP contribution in [-0.4, -0.2) is 10.1 Å². The predicted molar refractivity (Wildman–Crippen MR) is 85.0 cm³/mol. The molecule has 0 atom stereocenters. The Balaban J connectivity index is 1.98. The smallest absolute Gasteiger partial charge is 0.159 e. The van der Waals surface area contributed by atoms with Crippen molar-refractivity contribution < 1.29 is 9.26 Å². The maximum atomic E-state index is 6.23. The summed E-state index contributed by atoms with van der Waals surface area (Å²) in [5, 5.41) is 5.45. The van der Waals surface area contributed by atoms with Crippen molar-refractivity contribution in [2.24, 2.45) is 0 Å². The van der Waals surface area contributed by atoms with Crippen LogP contribution in [0.3, 0.4) is 0 Å². The van der Waals surface area contributed by atoms with E-state index in [0.717, 1.165) is 25.9 Å². The summed E-state index contributed by atoms with van der Waals surface area (Å²) in [5.74, 6) is 1.48. The van der Waals surface area contributed by atoms with E-state index in [4.69, 9.17) is 20.9 Å². The summed E-state index contributed by atoms with van der Waals surface area (Å²) in [4.78, 5) is 4.36. The minimum Gasteiger partial charge on any atom is -0.484 e. The van der Waals surface area contributed by atoms with Crippen molar-refractivity contribution in [1.29, 1.82) is 0 Å². The van der Waals surface area contributed by atoms with Crippen LogP contribution >= 0.6 is 34.2 Å². The molecule has 3 aromatic rings. The molecule has 6 heteroatoms. The van der Waals surface area contributed by atoms with Crippen LogP contribution < -0.4 is 4.74 Å². The minimum absolute atomic E-state index is 0.334. The molecule has 2 heterocycles. The van der Waals surface area contributed by atoms with E-state index >= 15 is 0 Å². The van der Waals surface area contributed by atoms with Gasteiger partial charge in [0.15, 0.2) is 5.75 Å². The third-order valence-electron chi connectivity index (χ3n) is 2.79. The van der Waals surface area contributed by atoms with Gasteiger partial charge in [-0.1, -0.05) is 16.8 Å². The Morgan fingerprint density at radius 2 is 2.25 bits per heavy atom. The van der Waals surface area contributed by atoms with Crippen LogP contribution in [0.4, 0.5) is 0 Å². The molecule has 0 aliphatic carbocycles. The van der Waals surface area contributed by atoms with Gasteiger partial charge in [-0.3, -0.25) is 4.98 Å². The lowest BCUT2D eigenvalue weighted by Gasteiger charge is -2.10. The molecule has 0 bridgehead atoms. The number of pyridine rings is 1. The lowest BCUT2D eigenvalue weighted by atomic mass is 10.2. The van der Waals surface area contributed by atoms with E-state index in [-0.39, 0.29) is 0 Å². The van der Waals surface area contributed by atoms with Crippen LogP contribution in [0, 0.1) is 10.5 Å². The Labute approximate surface area is 134 Å². The second-order valence-corrected chi connectivity index (χ2v) is 5.86. The number of rotatable bonds is 3. The number of ether oxygens (including phenoxy) is 1. The zero-order valence-electron chi connectivity index (χ0n) is 10.6. The second-order valence-electron chi connectivity index (χ2n) is 4.29. The Kier molecular flexibility index (Phi) is 3.80. The monoisotopic (exact) mass is 400 g/mol.